The van der Waals surface area contributed by atoms with Crippen molar-refractivity contribution in [1.29, 1.82) is 0 Å². The lowest BCUT2D eigenvalue weighted by Gasteiger charge is -2.39. The van der Waals surface area contributed by atoms with Crippen LogP contribution in [0.1, 0.15) is 40.0 Å². The maximum atomic E-state index is 13.9. The van der Waals surface area contributed by atoms with Crippen LogP contribution >= 0.6 is 11.8 Å². The van der Waals surface area contributed by atoms with Crippen LogP contribution in [0.5, 0.6) is 0 Å². The summed E-state index contributed by atoms with van der Waals surface area (Å²) in [5, 5.41) is 10.1. The molecule has 0 aromatic rings. The summed E-state index contributed by atoms with van der Waals surface area (Å²) in [6.45, 7) is 7.05. The monoisotopic (exact) mass is 448 g/mol. The normalized spacial score (nSPS) is 37.8. The Bertz CT molecular complexity index is 825. The quantitative estimate of drug-likeness (QED) is 0.492. The Balaban J connectivity index is 1.86. The fourth-order valence-electron chi connectivity index (χ4n) is 5.70. The molecular weight excluding hydrogens is 416 g/mol. The van der Waals surface area contributed by atoms with Crippen LogP contribution < -0.4 is 0 Å². The highest BCUT2D eigenvalue weighted by Gasteiger charge is 2.74. The van der Waals surface area contributed by atoms with Crippen LogP contribution in [0.15, 0.2) is 24.3 Å². The van der Waals surface area contributed by atoms with E-state index in [-0.39, 0.29) is 31.0 Å². The first-order valence-electron chi connectivity index (χ1n) is 11.3. The van der Waals surface area contributed by atoms with Gasteiger partial charge < -0.3 is 19.6 Å². The van der Waals surface area contributed by atoms with Crippen molar-refractivity contribution in [2.24, 2.45) is 11.8 Å². The highest BCUT2D eigenvalue weighted by atomic mass is 32.2. The fraction of sp³-hybridized carbons (Fsp3) is 0.696. The van der Waals surface area contributed by atoms with Gasteiger partial charge in [-0.1, -0.05) is 38.5 Å². The summed E-state index contributed by atoms with van der Waals surface area (Å²) in [5.41, 5.74) is 0. The smallest absolute Gasteiger partial charge is 0.311 e. The summed E-state index contributed by atoms with van der Waals surface area (Å²) < 4.78 is 3.92. The Kier molecular flexibility index (Phi) is 5.98. The van der Waals surface area contributed by atoms with E-state index in [9.17, 15) is 19.5 Å². The summed E-state index contributed by atoms with van der Waals surface area (Å²) in [6, 6.07) is -1.21. The first-order chi connectivity index (χ1) is 14.8. The van der Waals surface area contributed by atoms with E-state index >= 15 is 0 Å². The van der Waals surface area contributed by atoms with Gasteiger partial charge in [0.2, 0.25) is 11.8 Å². The van der Waals surface area contributed by atoms with E-state index in [0.717, 1.165) is 12.8 Å². The molecule has 4 aliphatic rings. The van der Waals surface area contributed by atoms with Crippen LogP contribution in [-0.4, -0.2) is 80.6 Å². The van der Waals surface area contributed by atoms with Gasteiger partial charge in [0.25, 0.3) is 0 Å². The second-order valence-electron chi connectivity index (χ2n) is 9.06. The highest BCUT2D eigenvalue weighted by molar-refractivity contribution is 8.02. The first kappa shape index (κ1) is 22.4. The predicted octanol–water partition coefficient (Wildman–Crippen LogP) is 1.76. The number of rotatable bonds is 6. The Labute approximate surface area is 187 Å². The molecule has 4 rings (SSSR count). The lowest BCUT2D eigenvalue weighted by molar-refractivity contribution is -0.153. The molecule has 0 aliphatic carbocycles. The van der Waals surface area contributed by atoms with Crippen molar-refractivity contribution >= 4 is 29.5 Å². The molecule has 1 unspecified atom stereocenters. The molecule has 1 spiro atoms. The largest absolute Gasteiger partial charge is 0.461 e. The molecule has 6 atom stereocenters. The molecule has 0 aromatic heterocycles. The molecule has 2 saturated heterocycles. The predicted molar refractivity (Wildman–Crippen MR) is 118 cm³/mol. The van der Waals surface area contributed by atoms with Gasteiger partial charge in [0.15, 0.2) is 0 Å². The van der Waals surface area contributed by atoms with Crippen LogP contribution in [0.3, 0.4) is 0 Å². The van der Waals surface area contributed by atoms with E-state index in [1.54, 1.807) is 4.90 Å². The molecule has 0 saturated carbocycles. The zero-order chi connectivity index (χ0) is 22.4. The molecule has 0 radical (unpaired) electrons. The topological polar surface area (TPSA) is 87.2 Å². The van der Waals surface area contributed by atoms with Gasteiger partial charge in [0.1, 0.15) is 12.6 Å². The molecule has 2 fully saturated rings. The van der Waals surface area contributed by atoms with E-state index in [0.29, 0.717) is 19.5 Å². The van der Waals surface area contributed by atoms with Crippen molar-refractivity contribution in [2.75, 3.05) is 26.3 Å². The van der Waals surface area contributed by atoms with Crippen LogP contribution in [-0.2, 0) is 19.1 Å². The number of cyclic esters (lactones) is 1. The molecule has 0 bridgehead atoms. The summed E-state index contributed by atoms with van der Waals surface area (Å²) in [7, 11) is 0. The van der Waals surface area contributed by atoms with Crippen molar-refractivity contribution in [3.05, 3.63) is 24.3 Å². The Morgan fingerprint density at radius 1 is 1.19 bits per heavy atom. The molecule has 170 valence electrons. The van der Waals surface area contributed by atoms with Gasteiger partial charge in [0, 0.05) is 17.8 Å². The van der Waals surface area contributed by atoms with Crippen molar-refractivity contribution in [3.8, 4) is 0 Å². The SMILES string of the molecule is CCCCN1CC=C[C@]23S[C@]4(C)C=CCOC(=O)[C@@H]4[C@H]2C(=O)N([C@@H](CC)CO)C3C1=O. The number of carbonyl (C=O) groups is 3. The number of aliphatic hydroxyl groups excluding tert-OH is 1. The number of esters is 1. The Morgan fingerprint density at radius 2 is 1.97 bits per heavy atom. The number of aliphatic hydroxyl groups is 1. The number of nitrogens with zero attached hydrogens (tertiary/aromatic N) is 2. The van der Waals surface area contributed by atoms with E-state index in [1.165, 1.54) is 11.8 Å². The van der Waals surface area contributed by atoms with E-state index in [4.69, 9.17) is 4.74 Å². The standard InChI is InChI=1S/C23H32N2O5S/c1-4-6-11-24-12-7-10-23-16(17-21(29)30-13-8-9-22(17,3)31-23)19(27)25(15(5-2)14-26)18(23)20(24)28/h7-10,15-18,26H,4-6,11-14H2,1-3H3/t15-,16-,17-,18?,22+,23-/m0/s1. The Morgan fingerprint density at radius 3 is 2.65 bits per heavy atom. The average molecular weight is 449 g/mol. The number of likely N-dealkylation sites (tertiary alicyclic amines) is 1. The maximum Gasteiger partial charge on any atom is 0.311 e. The van der Waals surface area contributed by atoms with Crippen LogP contribution in [0, 0.1) is 11.8 Å². The third kappa shape index (κ3) is 3.25. The second kappa shape index (κ2) is 8.28. The number of ether oxygens (including phenoxy) is 1. The lowest BCUT2D eigenvalue weighted by atomic mass is 9.75. The molecule has 0 aromatic carbocycles. The Hall–Kier alpha value is -1.80. The van der Waals surface area contributed by atoms with Gasteiger partial charge in [-0.05, 0) is 25.8 Å². The molecule has 1 N–H and O–H groups in total. The lowest BCUT2D eigenvalue weighted by Crippen LogP contribution is -2.56. The number of carbonyl (C=O) groups excluding carboxylic acids is 3. The van der Waals surface area contributed by atoms with Gasteiger partial charge in [0.05, 0.1) is 29.2 Å². The molecule has 4 heterocycles. The molecule has 2 amide bonds. The average Bonchev–Trinajstić information content (AvgIpc) is 3.00. The number of thioether (sulfide) groups is 1. The van der Waals surface area contributed by atoms with Gasteiger partial charge in [-0.3, -0.25) is 14.4 Å². The van der Waals surface area contributed by atoms with E-state index in [2.05, 4.69) is 6.92 Å². The highest BCUT2D eigenvalue weighted by Crippen LogP contribution is 2.65. The zero-order valence-electron chi connectivity index (χ0n) is 18.5. The minimum absolute atomic E-state index is 0.0916. The molecule has 4 aliphatic heterocycles. The number of hydrogen-bond donors (Lipinski definition) is 1. The molecule has 7 nitrogen and oxygen atoms in total. The first-order valence-corrected chi connectivity index (χ1v) is 12.1. The van der Waals surface area contributed by atoms with E-state index < -0.39 is 33.4 Å². The van der Waals surface area contributed by atoms with Crippen LogP contribution in [0.4, 0.5) is 0 Å². The molecule has 8 heteroatoms. The van der Waals surface area contributed by atoms with Crippen molar-refractivity contribution in [2.45, 2.75) is 61.6 Å². The van der Waals surface area contributed by atoms with Gasteiger partial charge in [-0.15, -0.1) is 11.8 Å². The zero-order valence-corrected chi connectivity index (χ0v) is 19.3. The van der Waals surface area contributed by atoms with Crippen LogP contribution in [0.2, 0.25) is 0 Å². The van der Waals surface area contributed by atoms with Gasteiger partial charge >= 0.3 is 5.97 Å². The summed E-state index contributed by atoms with van der Waals surface area (Å²) in [5.74, 6) is -2.08. The van der Waals surface area contributed by atoms with Crippen LogP contribution in [0.25, 0.3) is 0 Å². The third-order valence-electron chi connectivity index (χ3n) is 7.19. The van der Waals surface area contributed by atoms with Gasteiger partial charge in [-0.2, -0.15) is 0 Å². The number of amides is 2. The number of hydrogen-bond acceptors (Lipinski definition) is 6. The van der Waals surface area contributed by atoms with Crippen molar-refractivity contribution in [3.63, 3.8) is 0 Å². The van der Waals surface area contributed by atoms with Gasteiger partial charge in [-0.25, -0.2) is 0 Å². The number of fused-ring (bicyclic) bond motifs is 2. The fourth-order valence-corrected chi connectivity index (χ4v) is 7.84. The maximum absolute atomic E-state index is 13.9. The summed E-state index contributed by atoms with van der Waals surface area (Å²) in [6.07, 6.45) is 10.2. The molecule has 31 heavy (non-hydrogen) atoms. The minimum Gasteiger partial charge on any atom is -0.461 e. The van der Waals surface area contributed by atoms with Crippen molar-refractivity contribution < 1.29 is 24.2 Å². The van der Waals surface area contributed by atoms with E-state index in [1.807, 2.05) is 43.1 Å². The molecular formula is C23H32N2O5S. The second-order valence-corrected chi connectivity index (χ2v) is 10.9. The third-order valence-corrected chi connectivity index (χ3v) is 8.99. The summed E-state index contributed by atoms with van der Waals surface area (Å²) in [4.78, 5) is 44.2. The number of unbranched alkanes of at least 4 members (excludes halogenated alkanes) is 1. The van der Waals surface area contributed by atoms with Crippen molar-refractivity contribution in [1.82, 2.24) is 9.80 Å². The minimum atomic E-state index is -0.863. The summed E-state index contributed by atoms with van der Waals surface area (Å²) >= 11 is 1.54.